The van der Waals surface area contributed by atoms with E-state index in [0.29, 0.717) is 41.0 Å². The Labute approximate surface area is 200 Å². The number of anilines is 1. The van der Waals surface area contributed by atoms with Crippen molar-refractivity contribution in [1.29, 1.82) is 0 Å². The minimum atomic E-state index is -0.542. The van der Waals surface area contributed by atoms with Crippen LogP contribution in [0.25, 0.3) is 0 Å². The van der Waals surface area contributed by atoms with Crippen LogP contribution >= 0.6 is 24.0 Å². The number of carbonyl (C=O) groups excluding carboxylic acids is 1. The molecule has 4 N–H and O–H groups in total. The topological polar surface area (TPSA) is 97.0 Å². The van der Waals surface area contributed by atoms with Gasteiger partial charge in [0.05, 0.1) is 23.4 Å². The van der Waals surface area contributed by atoms with Crippen molar-refractivity contribution in [1.82, 2.24) is 10.2 Å². The first kappa shape index (κ1) is 26.1. The molecule has 1 atom stereocenters. The molecule has 0 radical (unpaired) electrons. The van der Waals surface area contributed by atoms with Crippen LogP contribution in [0.2, 0.25) is 5.02 Å². The second-order valence-electron chi connectivity index (χ2n) is 7.81. The lowest BCUT2D eigenvalue weighted by Crippen LogP contribution is -2.42. The van der Waals surface area contributed by atoms with Gasteiger partial charge in [0.1, 0.15) is 24.2 Å². The highest BCUT2D eigenvalue weighted by Crippen LogP contribution is 2.29. The normalized spacial score (nSPS) is 15.5. The van der Waals surface area contributed by atoms with E-state index < -0.39 is 6.10 Å². The van der Waals surface area contributed by atoms with Crippen molar-refractivity contribution in [3.63, 3.8) is 0 Å². The number of benzene rings is 2. The maximum Gasteiger partial charge on any atom is 0.255 e. The van der Waals surface area contributed by atoms with E-state index in [4.69, 9.17) is 26.8 Å². The van der Waals surface area contributed by atoms with Gasteiger partial charge in [-0.15, -0.1) is 12.4 Å². The van der Waals surface area contributed by atoms with Gasteiger partial charge in [-0.1, -0.05) is 29.8 Å². The number of hydrogen-bond donors (Lipinski definition) is 3. The molecular formula is C23H31Cl2N3O4. The fraction of sp³-hybridized carbons (Fsp3) is 0.435. The largest absolute Gasteiger partial charge is 0.496 e. The molecule has 0 aromatic heterocycles. The number of halogens is 2. The number of aliphatic hydroxyl groups is 1. The van der Waals surface area contributed by atoms with Gasteiger partial charge in [-0.05, 0) is 50.0 Å². The summed E-state index contributed by atoms with van der Waals surface area (Å²) < 4.78 is 10.9. The molecule has 2 aromatic carbocycles. The second kappa shape index (κ2) is 12.7. The minimum Gasteiger partial charge on any atom is -0.496 e. The summed E-state index contributed by atoms with van der Waals surface area (Å²) in [5, 5.41) is 13.6. The molecule has 2 aromatic rings. The van der Waals surface area contributed by atoms with Crippen molar-refractivity contribution in [2.45, 2.75) is 18.9 Å². The smallest absolute Gasteiger partial charge is 0.255 e. The van der Waals surface area contributed by atoms with Crippen LogP contribution in [0.15, 0.2) is 42.5 Å². The van der Waals surface area contributed by atoms with Gasteiger partial charge in [-0.2, -0.15) is 0 Å². The Morgan fingerprint density at radius 3 is 2.62 bits per heavy atom. The number of aliphatic hydroxyl groups excluding tert-OH is 1. The van der Waals surface area contributed by atoms with Gasteiger partial charge in [-0.3, -0.25) is 4.79 Å². The van der Waals surface area contributed by atoms with Crippen molar-refractivity contribution < 1.29 is 19.4 Å². The first-order valence-electron chi connectivity index (χ1n) is 10.5. The Morgan fingerprint density at radius 2 is 1.97 bits per heavy atom. The Balaban J connectivity index is 0.00000363. The highest BCUT2D eigenvalue weighted by molar-refractivity contribution is 6.33. The summed E-state index contributed by atoms with van der Waals surface area (Å²) in [6, 6.07) is 12.6. The van der Waals surface area contributed by atoms with Crippen molar-refractivity contribution in [3.05, 3.63) is 53.1 Å². The molecule has 0 spiro atoms. The average Bonchev–Trinajstić information content (AvgIpc) is 2.79. The molecule has 1 aliphatic heterocycles. The minimum absolute atomic E-state index is 0. The summed E-state index contributed by atoms with van der Waals surface area (Å²) in [6.07, 6.45) is 1.36. The van der Waals surface area contributed by atoms with E-state index in [2.05, 4.69) is 10.2 Å². The van der Waals surface area contributed by atoms with Crippen molar-refractivity contribution in [2.75, 3.05) is 45.6 Å². The van der Waals surface area contributed by atoms with Gasteiger partial charge in [0, 0.05) is 19.2 Å². The maximum atomic E-state index is 12.6. The summed E-state index contributed by atoms with van der Waals surface area (Å²) in [4.78, 5) is 14.8. The first-order chi connectivity index (χ1) is 15.0. The van der Waals surface area contributed by atoms with Gasteiger partial charge >= 0.3 is 0 Å². The molecule has 1 amide bonds. The van der Waals surface area contributed by atoms with E-state index in [0.717, 1.165) is 31.7 Å². The van der Waals surface area contributed by atoms with E-state index >= 15 is 0 Å². The van der Waals surface area contributed by atoms with Gasteiger partial charge in [0.25, 0.3) is 5.91 Å². The zero-order chi connectivity index (χ0) is 22.2. The molecular weight excluding hydrogens is 453 g/mol. The molecule has 0 saturated carbocycles. The molecule has 32 heavy (non-hydrogen) atoms. The summed E-state index contributed by atoms with van der Waals surface area (Å²) in [7, 11) is 1.49. The van der Waals surface area contributed by atoms with Crippen LogP contribution in [-0.4, -0.2) is 61.9 Å². The van der Waals surface area contributed by atoms with Crippen LogP contribution in [0.5, 0.6) is 11.5 Å². The number of hydrogen-bond acceptors (Lipinski definition) is 6. The number of nitrogen functional groups attached to an aromatic ring is 1. The van der Waals surface area contributed by atoms with Crippen LogP contribution in [0.4, 0.5) is 5.69 Å². The molecule has 7 nitrogen and oxygen atoms in total. The van der Waals surface area contributed by atoms with E-state index in [-0.39, 0.29) is 24.9 Å². The number of methoxy groups -OCH3 is 1. The lowest BCUT2D eigenvalue weighted by molar-refractivity contribution is 0.0548. The highest BCUT2D eigenvalue weighted by Gasteiger charge is 2.23. The first-order valence-corrected chi connectivity index (χ1v) is 10.8. The molecule has 1 saturated heterocycles. The van der Waals surface area contributed by atoms with Crippen molar-refractivity contribution in [3.8, 4) is 11.5 Å². The summed E-state index contributed by atoms with van der Waals surface area (Å²) in [6.45, 7) is 3.18. The van der Waals surface area contributed by atoms with Crippen molar-refractivity contribution >= 4 is 35.6 Å². The number of likely N-dealkylation sites (tertiary alicyclic amines) is 1. The summed E-state index contributed by atoms with van der Waals surface area (Å²) >= 11 is 6.06. The van der Waals surface area contributed by atoms with Crippen molar-refractivity contribution in [2.24, 2.45) is 5.92 Å². The SMILES string of the molecule is COc1cc(N)c(Cl)cc1C(=O)NCC1CCN(CC(O)COc2ccccc2)CC1.Cl. The number of carbonyl (C=O) groups is 1. The average molecular weight is 484 g/mol. The molecule has 3 rings (SSSR count). The molecule has 0 aliphatic carbocycles. The third kappa shape index (κ3) is 7.45. The molecule has 1 unspecified atom stereocenters. The van der Waals surface area contributed by atoms with Crippen LogP contribution in [0, 0.1) is 5.92 Å². The number of β-amino-alcohol motifs (C(OH)–C–C–N with tert-alkyl or cyclic N) is 1. The number of nitrogens with zero attached hydrogens (tertiary/aromatic N) is 1. The van der Waals surface area contributed by atoms with Crippen LogP contribution in [-0.2, 0) is 0 Å². The predicted octanol–water partition coefficient (Wildman–Crippen LogP) is 3.23. The number of ether oxygens (including phenoxy) is 2. The van der Waals surface area contributed by atoms with E-state index in [9.17, 15) is 9.90 Å². The van der Waals surface area contributed by atoms with Gasteiger partial charge in [-0.25, -0.2) is 0 Å². The fourth-order valence-corrected chi connectivity index (χ4v) is 3.84. The van der Waals surface area contributed by atoms with Crippen LogP contribution in [0.3, 0.4) is 0 Å². The zero-order valence-electron chi connectivity index (χ0n) is 18.1. The Kier molecular flexibility index (Phi) is 10.4. The lowest BCUT2D eigenvalue weighted by atomic mass is 9.96. The van der Waals surface area contributed by atoms with E-state index in [1.807, 2.05) is 30.3 Å². The van der Waals surface area contributed by atoms with Gasteiger partial charge < -0.3 is 30.5 Å². The molecule has 1 heterocycles. The third-order valence-electron chi connectivity index (χ3n) is 5.48. The third-order valence-corrected chi connectivity index (χ3v) is 5.80. The molecule has 0 bridgehead atoms. The summed E-state index contributed by atoms with van der Waals surface area (Å²) in [5.74, 6) is 1.32. The number of nitrogens with one attached hydrogen (secondary N) is 1. The number of para-hydroxylation sites is 1. The molecule has 1 fully saturated rings. The Bertz CT molecular complexity index is 862. The number of rotatable bonds is 9. The Hall–Kier alpha value is -2.19. The highest BCUT2D eigenvalue weighted by atomic mass is 35.5. The van der Waals surface area contributed by atoms with Gasteiger partial charge in [0.2, 0.25) is 0 Å². The second-order valence-corrected chi connectivity index (χ2v) is 8.21. The molecule has 9 heteroatoms. The van der Waals surface area contributed by atoms with Crippen LogP contribution in [0.1, 0.15) is 23.2 Å². The maximum absolute atomic E-state index is 12.6. The molecule has 176 valence electrons. The fourth-order valence-electron chi connectivity index (χ4n) is 3.68. The number of piperidine rings is 1. The number of amides is 1. The van der Waals surface area contributed by atoms with E-state index in [1.54, 1.807) is 6.07 Å². The monoisotopic (exact) mass is 483 g/mol. The van der Waals surface area contributed by atoms with E-state index in [1.165, 1.54) is 13.2 Å². The predicted molar refractivity (Wildman–Crippen MR) is 129 cm³/mol. The lowest BCUT2D eigenvalue weighted by Gasteiger charge is -2.33. The summed E-state index contributed by atoms with van der Waals surface area (Å²) in [5.41, 5.74) is 6.53. The Morgan fingerprint density at radius 1 is 1.28 bits per heavy atom. The number of nitrogens with two attached hydrogens (primary N) is 1. The zero-order valence-corrected chi connectivity index (χ0v) is 19.7. The van der Waals surface area contributed by atoms with Crippen LogP contribution < -0.4 is 20.5 Å². The molecule has 1 aliphatic rings. The quantitative estimate of drug-likeness (QED) is 0.473. The van der Waals surface area contributed by atoms with Gasteiger partial charge in [0.15, 0.2) is 0 Å². The standard InChI is InChI=1S/C23H30ClN3O4.ClH/c1-30-22-12-21(25)20(24)11-19(22)23(29)26-13-16-7-9-27(10-8-16)14-17(28)15-31-18-5-3-2-4-6-18;/h2-6,11-12,16-17,28H,7-10,13-15,25H2,1H3,(H,26,29);1H.